The molecule has 0 spiro atoms. The average Bonchev–Trinajstić information content (AvgIpc) is 2.45. The van der Waals surface area contributed by atoms with E-state index in [-0.39, 0.29) is 18.6 Å². The molecule has 1 unspecified atom stereocenters. The van der Waals surface area contributed by atoms with Gasteiger partial charge in [-0.1, -0.05) is 18.2 Å². The second kappa shape index (κ2) is 6.85. The Labute approximate surface area is 122 Å². The van der Waals surface area contributed by atoms with Crippen molar-refractivity contribution >= 4 is 11.6 Å². The van der Waals surface area contributed by atoms with Crippen LogP contribution in [0.3, 0.4) is 0 Å². The summed E-state index contributed by atoms with van der Waals surface area (Å²) >= 11 is 0. The summed E-state index contributed by atoms with van der Waals surface area (Å²) in [4.78, 5) is 11.7. The van der Waals surface area contributed by atoms with E-state index in [0.717, 1.165) is 5.56 Å². The molecule has 5 heteroatoms. The lowest BCUT2D eigenvalue weighted by Gasteiger charge is -2.09. The fraction of sp³-hybridized carbons (Fsp3) is 0.188. The Balaban J connectivity index is 1.86. The Bertz CT molecular complexity index is 612. The van der Waals surface area contributed by atoms with E-state index in [1.807, 2.05) is 19.1 Å². The number of benzene rings is 2. The highest BCUT2D eigenvalue weighted by molar-refractivity contribution is 5.91. The van der Waals surface area contributed by atoms with Gasteiger partial charge >= 0.3 is 0 Å². The molecular weight excluding hydrogens is 271 g/mol. The normalized spacial score (nSPS) is 11.8. The summed E-state index contributed by atoms with van der Waals surface area (Å²) < 4.78 is 18.3. The zero-order chi connectivity index (χ0) is 15.2. The monoisotopic (exact) mass is 288 g/mol. The maximum Gasteiger partial charge on any atom is 0.262 e. The lowest BCUT2D eigenvalue weighted by atomic mass is 10.1. The highest BCUT2D eigenvalue weighted by atomic mass is 19.1. The quantitative estimate of drug-likeness (QED) is 0.889. The number of nitrogens with two attached hydrogens (primary N) is 1. The summed E-state index contributed by atoms with van der Waals surface area (Å²) in [5, 5.41) is 2.56. The van der Waals surface area contributed by atoms with Crippen molar-refractivity contribution in [2.24, 2.45) is 5.73 Å². The zero-order valence-electron chi connectivity index (χ0n) is 11.7. The second-order valence-electron chi connectivity index (χ2n) is 4.70. The van der Waals surface area contributed by atoms with Crippen molar-refractivity contribution in [2.45, 2.75) is 13.0 Å². The Kier molecular flexibility index (Phi) is 4.90. The summed E-state index contributed by atoms with van der Waals surface area (Å²) in [6, 6.07) is 12.9. The second-order valence-corrected chi connectivity index (χ2v) is 4.70. The van der Waals surface area contributed by atoms with Crippen LogP contribution in [0.25, 0.3) is 0 Å². The van der Waals surface area contributed by atoms with Gasteiger partial charge in [0.05, 0.1) is 0 Å². The van der Waals surface area contributed by atoms with Crippen LogP contribution < -0.4 is 15.8 Å². The Morgan fingerprint density at radius 2 is 2.00 bits per heavy atom. The number of nitrogens with one attached hydrogen (secondary N) is 1. The van der Waals surface area contributed by atoms with Crippen molar-refractivity contribution in [3.8, 4) is 5.75 Å². The number of hydrogen-bond acceptors (Lipinski definition) is 3. The minimum Gasteiger partial charge on any atom is -0.484 e. The molecule has 2 aromatic rings. The summed E-state index contributed by atoms with van der Waals surface area (Å²) in [5.74, 6) is -0.175. The van der Waals surface area contributed by atoms with Crippen LogP contribution in [-0.2, 0) is 4.79 Å². The van der Waals surface area contributed by atoms with Gasteiger partial charge in [-0.15, -0.1) is 0 Å². The Hall–Kier alpha value is -2.40. The van der Waals surface area contributed by atoms with Crippen LogP contribution in [0, 0.1) is 5.82 Å². The molecule has 0 saturated heterocycles. The van der Waals surface area contributed by atoms with Crippen LogP contribution in [-0.4, -0.2) is 12.5 Å². The van der Waals surface area contributed by atoms with E-state index in [2.05, 4.69) is 5.32 Å². The molecule has 4 nitrogen and oxygen atoms in total. The molecule has 0 saturated carbocycles. The number of carbonyl (C=O) groups excluding carboxylic acids is 1. The smallest absolute Gasteiger partial charge is 0.262 e. The number of hydrogen-bond donors (Lipinski definition) is 2. The van der Waals surface area contributed by atoms with E-state index >= 15 is 0 Å². The standard InChI is InChI=1S/C16H17FN2O2/c1-11(18)12-5-7-15(8-6-12)21-10-16(20)19-14-4-2-3-13(17)9-14/h2-9,11H,10,18H2,1H3,(H,19,20). The molecule has 1 atom stereocenters. The SMILES string of the molecule is CC(N)c1ccc(OCC(=O)Nc2cccc(F)c2)cc1. The number of halogens is 1. The average molecular weight is 288 g/mol. The van der Waals surface area contributed by atoms with E-state index < -0.39 is 5.82 Å². The highest BCUT2D eigenvalue weighted by Crippen LogP contribution is 2.16. The molecule has 110 valence electrons. The fourth-order valence-electron chi connectivity index (χ4n) is 1.78. The number of carbonyl (C=O) groups is 1. The van der Waals surface area contributed by atoms with Gasteiger partial charge in [-0.25, -0.2) is 4.39 Å². The van der Waals surface area contributed by atoms with Crippen molar-refractivity contribution in [2.75, 3.05) is 11.9 Å². The third kappa shape index (κ3) is 4.57. The molecule has 0 radical (unpaired) electrons. The first kappa shape index (κ1) is 15.0. The minimum atomic E-state index is -0.403. The summed E-state index contributed by atoms with van der Waals surface area (Å²) in [5.41, 5.74) is 7.14. The molecule has 2 rings (SSSR count). The predicted octanol–water partition coefficient (Wildman–Crippen LogP) is 2.86. The first-order valence-electron chi connectivity index (χ1n) is 6.58. The molecule has 0 aliphatic rings. The number of anilines is 1. The van der Waals surface area contributed by atoms with E-state index in [1.165, 1.54) is 18.2 Å². The van der Waals surface area contributed by atoms with Gasteiger partial charge < -0.3 is 15.8 Å². The van der Waals surface area contributed by atoms with Crippen LogP contribution >= 0.6 is 0 Å². The third-order valence-corrected chi connectivity index (χ3v) is 2.88. The third-order valence-electron chi connectivity index (χ3n) is 2.88. The van der Waals surface area contributed by atoms with Crippen molar-refractivity contribution in [1.29, 1.82) is 0 Å². The molecule has 0 aromatic heterocycles. The molecular formula is C16H17FN2O2. The molecule has 21 heavy (non-hydrogen) atoms. The minimum absolute atomic E-state index is 0.0460. The fourth-order valence-corrected chi connectivity index (χ4v) is 1.78. The number of amides is 1. The molecule has 0 aliphatic heterocycles. The van der Waals surface area contributed by atoms with Crippen LogP contribution in [0.4, 0.5) is 10.1 Å². The van der Waals surface area contributed by atoms with Gasteiger partial charge in [0.25, 0.3) is 5.91 Å². The van der Waals surface area contributed by atoms with Gasteiger partial charge in [-0.05, 0) is 42.8 Å². The van der Waals surface area contributed by atoms with Crippen LogP contribution in [0.5, 0.6) is 5.75 Å². The number of ether oxygens (including phenoxy) is 1. The Morgan fingerprint density at radius 1 is 1.29 bits per heavy atom. The molecule has 2 aromatic carbocycles. The van der Waals surface area contributed by atoms with Crippen LogP contribution in [0.2, 0.25) is 0 Å². The van der Waals surface area contributed by atoms with E-state index in [4.69, 9.17) is 10.5 Å². The van der Waals surface area contributed by atoms with Crippen LogP contribution in [0.15, 0.2) is 48.5 Å². The predicted molar refractivity (Wildman–Crippen MR) is 79.6 cm³/mol. The first-order valence-corrected chi connectivity index (χ1v) is 6.58. The van der Waals surface area contributed by atoms with Crippen LogP contribution in [0.1, 0.15) is 18.5 Å². The largest absolute Gasteiger partial charge is 0.484 e. The zero-order valence-corrected chi connectivity index (χ0v) is 11.7. The van der Waals surface area contributed by atoms with Gasteiger partial charge in [-0.2, -0.15) is 0 Å². The van der Waals surface area contributed by atoms with E-state index in [1.54, 1.807) is 18.2 Å². The highest BCUT2D eigenvalue weighted by Gasteiger charge is 2.05. The van der Waals surface area contributed by atoms with Gasteiger partial charge in [0, 0.05) is 11.7 Å². The molecule has 1 amide bonds. The summed E-state index contributed by atoms with van der Waals surface area (Å²) in [6.07, 6.45) is 0. The van der Waals surface area contributed by atoms with Gasteiger partial charge in [0.15, 0.2) is 6.61 Å². The molecule has 0 fully saturated rings. The van der Waals surface area contributed by atoms with Crippen molar-refractivity contribution < 1.29 is 13.9 Å². The maximum absolute atomic E-state index is 13.0. The van der Waals surface area contributed by atoms with Crippen molar-refractivity contribution in [3.63, 3.8) is 0 Å². The summed E-state index contributed by atoms with van der Waals surface area (Å²) in [7, 11) is 0. The molecule has 0 bridgehead atoms. The Morgan fingerprint density at radius 3 is 2.62 bits per heavy atom. The lowest BCUT2D eigenvalue weighted by molar-refractivity contribution is -0.118. The van der Waals surface area contributed by atoms with Gasteiger partial charge in [-0.3, -0.25) is 4.79 Å². The first-order chi connectivity index (χ1) is 10.0. The van der Waals surface area contributed by atoms with Gasteiger partial charge in [0.2, 0.25) is 0 Å². The molecule has 3 N–H and O–H groups in total. The molecule has 0 aliphatic carbocycles. The van der Waals surface area contributed by atoms with Gasteiger partial charge in [0.1, 0.15) is 11.6 Å². The molecule has 0 heterocycles. The topological polar surface area (TPSA) is 64.3 Å². The van der Waals surface area contributed by atoms with E-state index in [0.29, 0.717) is 11.4 Å². The lowest BCUT2D eigenvalue weighted by Crippen LogP contribution is -2.20. The van der Waals surface area contributed by atoms with Crippen molar-refractivity contribution in [3.05, 3.63) is 59.9 Å². The van der Waals surface area contributed by atoms with Crippen molar-refractivity contribution in [1.82, 2.24) is 0 Å². The number of rotatable bonds is 5. The summed E-state index contributed by atoms with van der Waals surface area (Å²) in [6.45, 7) is 1.75. The maximum atomic E-state index is 13.0. The van der Waals surface area contributed by atoms with E-state index in [9.17, 15) is 9.18 Å².